The second-order valence-corrected chi connectivity index (χ2v) is 12.0. The number of benzene rings is 3. The van der Waals surface area contributed by atoms with Gasteiger partial charge in [0.25, 0.3) is 0 Å². The number of aliphatic imine (C=N–C) groups is 1. The zero-order chi connectivity index (χ0) is 24.0. The quantitative estimate of drug-likeness (QED) is 0.283. The first-order chi connectivity index (χ1) is 15.4. The summed E-state index contributed by atoms with van der Waals surface area (Å²) in [5, 5.41) is 1.06. The highest BCUT2D eigenvalue weighted by molar-refractivity contribution is 7.21. The monoisotopic (exact) mass is 454 g/mol. The van der Waals surface area contributed by atoms with E-state index in [0.29, 0.717) is 0 Å². The van der Waals surface area contributed by atoms with E-state index in [1.165, 1.54) is 21.4 Å². The van der Waals surface area contributed by atoms with Crippen molar-refractivity contribution in [2.45, 2.75) is 66.2 Å². The summed E-state index contributed by atoms with van der Waals surface area (Å²) < 4.78 is 1.17. The normalized spacial score (nSPS) is 13.0. The fraction of sp³-hybridized carbons (Fsp3) is 0.333. The molecule has 2 nitrogen and oxygen atoms in total. The Morgan fingerprint density at radius 2 is 1.33 bits per heavy atom. The molecule has 0 bridgehead atoms. The summed E-state index contributed by atoms with van der Waals surface area (Å²) in [4.78, 5) is 9.90. The lowest BCUT2D eigenvalue weighted by molar-refractivity contribution is 0.590. The summed E-state index contributed by atoms with van der Waals surface area (Å²) in [5.41, 5.74) is 9.54. The maximum atomic E-state index is 4.99. The van der Waals surface area contributed by atoms with Gasteiger partial charge in [0.2, 0.25) is 0 Å². The Bertz CT molecular complexity index is 1310. The Balaban J connectivity index is 1.65. The molecule has 3 aromatic carbocycles. The third-order valence-electron chi connectivity index (χ3n) is 6.16. The molecule has 0 aliphatic heterocycles. The number of nitrogens with zero attached hydrogens (tertiary/aromatic N) is 2. The van der Waals surface area contributed by atoms with Crippen LogP contribution in [0.4, 0.5) is 5.69 Å². The molecular weight excluding hydrogens is 420 g/mol. The highest BCUT2D eigenvalue weighted by Gasteiger charge is 2.15. The highest BCUT2D eigenvalue weighted by Crippen LogP contribution is 2.35. The SMILES string of the molecule is CC(=Nc1cc2sc(-c3ccc(C(C)(C)C)cc3)nc2cc1C)c1ccc(C(C)(C)C)cc1. The molecule has 1 heterocycles. The Hall–Kier alpha value is -2.78. The van der Waals surface area contributed by atoms with Crippen LogP contribution in [0.5, 0.6) is 0 Å². The minimum atomic E-state index is 0.154. The Morgan fingerprint density at radius 1 is 0.788 bits per heavy atom. The van der Waals surface area contributed by atoms with Crippen molar-refractivity contribution in [3.8, 4) is 10.6 Å². The average Bonchev–Trinajstić information content (AvgIpc) is 3.15. The third-order valence-corrected chi connectivity index (χ3v) is 7.23. The molecule has 0 atom stereocenters. The van der Waals surface area contributed by atoms with E-state index in [1.807, 2.05) is 0 Å². The van der Waals surface area contributed by atoms with Gasteiger partial charge in [-0.25, -0.2) is 4.98 Å². The van der Waals surface area contributed by atoms with Crippen LogP contribution in [0.15, 0.2) is 65.7 Å². The van der Waals surface area contributed by atoms with Gasteiger partial charge in [-0.15, -0.1) is 11.3 Å². The van der Waals surface area contributed by atoms with Crippen LogP contribution in [0.2, 0.25) is 0 Å². The summed E-state index contributed by atoms with van der Waals surface area (Å²) >= 11 is 1.73. The van der Waals surface area contributed by atoms with Crippen molar-refractivity contribution >= 4 is 33.0 Å². The van der Waals surface area contributed by atoms with Gasteiger partial charge in [-0.2, -0.15) is 0 Å². The predicted molar refractivity (Wildman–Crippen MR) is 146 cm³/mol. The zero-order valence-electron chi connectivity index (χ0n) is 21.1. The second-order valence-electron chi connectivity index (χ2n) is 11.0. The molecule has 1 aromatic heterocycles. The molecule has 0 fully saturated rings. The van der Waals surface area contributed by atoms with Crippen LogP contribution in [0.3, 0.4) is 0 Å². The van der Waals surface area contributed by atoms with E-state index in [2.05, 4.69) is 116 Å². The number of hydrogen-bond donors (Lipinski definition) is 0. The number of aromatic nitrogens is 1. The maximum absolute atomic E-state index is 4.99. The number of aryl methyl sites for hydroxylation is 1. The van der Waals surface area contributed by atoms with Gasteiger partial charge in [0.1, 0.15) is 5.01 Å². The van der Waals surface area contributed by atoms with Gasteiger partial charge >= 0.3 is 0 Å². The highest BCUT2D eigenvalue weighted by atomic mass is 32.1. The van der Waals surface area contributed by atoms with Crippen molar-refractivity contribution in [2.75, 3.05) is 0 Å². The van der Waals surface area contributed by atoms with E-state index in [-0.39, 0.29) is 10.8 Å². The first-order valence-corrected chi connectivity index (χ1v) is 12.4. The third kappa shape index (κ3) is 5.09. The number of hydrogen-bond acceptors (Lipinski definition) is 3. The topological polar surface area (TPSA) is 25.2 Å². The summed E-state index contributed by atoms with van der Waals surface area (Å²) in [6.07, 6.45) is 0. The van der Waals surface area contributed by atoms with Crippen LogP contribution in [0.25, 0.3) is 20.8 Å². The molecule has 0 saturated heterocycles. The smallest absolute Gasteiger partial charge is 0.124 e. The van der Waals surface area contributed by atoms with E-state index in [1.54, 1.807) is 11.3 Å². The van der Waals surface area contributed by atoms with E-state index in [0.717, 1.165) is 33.1 Å². The lowest BCUT2D eigenvalue weighted by Crippen LogP contribution is -2.11. The second kappa shape index (κ2) is 8.53. The van der Waals surface area contributed by atoms with E-state index >= 15 is 0 Å². The average molecular weight is 455 g/mol. The number of fused-ring (bicyclic) bond motifs is 1. The Morgan fingerprint density at radius 3 is 1.88 bits per heavy atom. The summed E-state index contributed by atoms with van der Waals surface area (Å²) in [6, 6.07) is 21.9. The van der Waals surface area contributed by atoms with Gasteiger partial charge in [-0.1, -0.05) is 90.1 Å². The first-order valence-electron chi connectivity index (χ1n) is 11.6. The van der Waals surface area contributed by atoms with Gasteiger partial charge in [0.05, 0.1) is 15.9 Å². The molecule has 4 aromatic rings. The van der Waals surface area contributed by atoms with Crippen LogP contribution in [-0.2, 0) is 10.8 Å². The standard InChI is InChI=1S/C30H34N2S/c1-19-17-26-27(33-28(32-26)22-11-15-24(16-12-22)30(6,7)8)18-25(19)31-20(2)21-9-13-23(14-10-21)29(3,4)5/h9-18H,1-8H3. The molecule has 0 saturated carbocycles. The largest absolute Gasteiger partial charge is 0.253 e. The summed E-state index contributed by atoms with van der Waals surface area (Å²) in [7, 11) is 0. The van der Waals surface area contributed by atoms with Gasteiger partial charge in [-0.05, 0) is 59.1 Å². The van der Waals surface area contributed by atoms with Crippen molar-refractivity contribution in [1.82, 2.24) is 4.98 Å². The molecule has 0 aliphatic rings. The molecule has 33 heavy (non-hydrogen) atoms. The molecule has 3 heteroatoms. The van der Waals surface area contributed by atoms with Gasteiger partial charge in [0, 0.05) is 11.3 Å². The fourth-order valence-electron chi connectivity index (χ4n) is 3.88. The van der Waals surface area contributed by atoms with Crippen molar-refractivity contribution in [2.24, 2.45) is 4.99 Å². The Kier molecular flexibility index (Phi) is 6.05. The maximum Gasteiger partial charge on any atom is 0.124 e. The minimum Gasteiger partial charge on any atom is -0.253 e. The minimum absolute atomic E-state index is 0.154. The van der Waals surface area contributed by atoms with Crippen LogP contribution in [0, 0.1) is 6.92 Å². The lowest BCUT2D eigenvalue weighted by Gasteiger charge is -2.19. The molecule has 170 valence electrons. The summed E-state index contributed by atoms with van der Waals surface area (Å²) in [5.74, 6) is 0. The van der Waals surface area contributed by atoms with Crippen LogP contribution in [-0.4, -0.2) is 10.7 Å². The van der Waals surface area contributed by atoms with Crippen molar-refractivity contribution < 1.29 is 0 Å². The fourth-order valence-corrected chi connectivity index (χ4v) is 4.87. The molecule has 0 amide bonds. The molecule has 0 radical (unpaired) electrons. The number of thiazole rings is 1. The lowest BCUT2D eigenvalue weighted by atomic mass is 9.86. The molecule has 0 unspecified atom stereocenters. The molecular formula is C30H34N2S. The zero-order valence-corrected chi connectivity index (χ0v) is 21.9. The van der Waals surface area contributed by atoms with Gasteiger partial charge in [-0.3, -0.25) is 4.99 Å². The number of rotatable bonds is 3. The van der Waals surface area contributed by atoms with Gasteiger partial charge < -0.3 is 0 Å². The van der Waals surface area contributed by atoms with E-state index in [4.69, 9.17) is 9.98 Å². The van der Waals surface area contributed by atoms with Gasteiger partial charge in [0.15, 0.2) is 0 Å². The van der Waals surface area contributed by atoms with Crippen LogP contribution in [0.1, 0.15) is 70.7 Å². The molecule has 0 spiro atoms. The predicted octanol–water partition coefficient (Wildman–Crippen LogP) is 9.01. The molecule has 0 aliphatic carbocycles. The van der Waals surface area contributed by atoms with E-state index in [9.17, 15) is 0 Å². The van der Waals surface area contributed by atoms with Crippen molar-refractivity contribution in [1.29, 1.82) is 0 Å². The Labute approximate surface area is 202 Å². The summed E-state index contributed by atoms with van der Waals surface area (Å²) in [6.45, 7) is 17.6. The first kappa shape index (κ1) is 23.4. The molecule has 4 rings (SSSR count). The van der Waals surface area contributed by atoms with Crippen LogP contribution < -0.4 is 0 Å². The van der Waals surface area contributed by atoms with Crippen molar-refractivity contribution in [3.05, 3.63) is 82.9 Å². The van der Waals surface area contributed by atoms with E-state index < -0.39 is 0 Å². The van der Waals surface area contributed by atoms with Crippen molar-refractivity contribution in [3.63, 3.8) is 0 Å². The molecule has 0 N–H and O–H groups in total. The van der Waals surface area contributed by atoms with Crippen LogP contribution >= 0.6 is 11.3 Å².